The SMILES string of the molecule is COCCOCCCNCc1cc2cccc(OC)c2o1. The van der Waals surface area contributed by atoms with Gasteiger partial charge in [0, 0.05) is 19.1 Å². The van der Waals surface area contributed by atoms with E-state index >= 15 is 0 Å². The van der Waals surface area contributed by atoms with E-state index in [2.05, 4.69) is 5.32 Å². The number of hydrogen-bond acceptors (Lipinski definition) is 5. The van der Waals surface area contributed by atoms with Crippen molar-refractivity contribution in [3.05, 3.63) is 30.0 Å². The van der Waals surface area contributed by atoms with Gasteiger partial charge in [-0.3, -0.25) is 0 Å². The predicted octanol–water partition coefficient (Wildman–Crippen LogP) is 2.58. The summed E-state index contributed by atoms with van der Waals surface area (Å²) < 4.78 is 21.4. The summed E-state index contributed by atoms with van der Waals surface area (Å²) in [4.78, 5) is 0. The average molecular weight is 293 g/mol. The molecule has 0 unspecified atom stereocenters. The van der Waals surface area contributed by atoms with Gasteiger partial charge in [-0.1, -0.05) is 12.1 Å². The van der Waals surface area contributed by atoms with Crippen LogP contribution in [0.1, 0.15) is 12.2 Å². The highest BCUT2D eigenvalue weighted by Gasteiger charge is 2.07. The van der Waals surface area contributed by atoms with E-state index in [-0.39, 0.29) is 0 Å². The van der Waals surface area contributed by atoms with E-state index in [4.69, 9.17) is 18.6 Å². The van der Waals surface area contributed by atoms with Crippen LogP contribution in [0.15, 0.2) is 28.7 Å². The highest BCUT2D eigenvalue weighted by molar-refractivity contribution is 5.83. The Morgan fingerprint density at radius 1 is 1.14 bits per heavy atom. The van der Waals surface area contributed by atoms with E-state index in [1.54, 1.807) is 14.2 Å². The highest BCUT2D eigenvalue weighted by atomic mass is 16.5. The number of para-hydroxylation sites is 1. The van der Waals surface area contributed by atoms with Crippen molar-refractivity contribution in [1.82, 2.24) is 5.32 Å². The molecule has 0 fully saturated rings. The monoisotopic (exact) mass is 293 g/mol. The molecule has 0 amide bonds. The second-order valence-corrected chi connectivity index (χ2v) is 4.73. The molecule has 1 aromatic heterocycles. The minimum atomic E-state index is 0.647. The lowest BCUT2D eigenvalue weighted by atomic mass is 10.2. The van der Waals surface area contributed by atoms with E-state index in [1.807, 2.05) is 24.3 Å². The fourth-order valence-corrected chi connectivity index (χ4v) is 2.09. The molecule has 0 atom stereocenters. The Balaban J connectivity index is 1.71. The molecule has 0 aliphatic carbocycles. The van der Waals surface area contributed by atoms with Gasteiger partial charge < -0.3 is 23.9 Å². The molecule has 1 heterocycles. The molecular formula is C16H23NO4. The number of hydrogen-bond donors (Lipinski definition) is 1. The van der Waals surface area contributed by atoms with Crippen molar-refractivity contribution in [2.75, 3.05) is 40.6 Å². The Labute approximate surface area is 125 Å². The number of methoxy groups -OCH3 is 2. The van der Waals surface area contributed by atoms with Gasteiger partial charge in [0.1, 0.15) is 5.76 Å². The largest absolute Gasteiger partial charge is 0.493 e. The van der Waals surface area contributed by atoms with Gasteiger partial charge in [0.25, 0.3) is 0 Å². The number of fused-ring (bicyclic) bond motifs is 1. The number of rotatable bonds is 10. The third kappa shape index (κ3) is 4.74. The van der Waals surface area contributed by atoms with Crippen LogP contribution in [0.3, 0.4) is 0 Å². The molecule has 0 aliphatic rings. The van der Waals surface area contributed by atoms with Crippen LogP contribution in [0.4, 0.5) is 0 Å². The van der Waals surface area contributed by atoms with E-state index in [0.717, 1.165) is 42.1 Å². The first-order valence-corrected chi connectivity index (χ1v) is 7.18. The molecule has 5 heteroatoms. The zero-order chi connectivity index (χ0) is 14.9. The van der Waals surface area contributed by atoms with Gasteiger partial charge in [0.15, 0.2) is 11.3 Å². The number of nitrogens with one attached hydrogen (secondary N) is 1. The van der Waals surface area contributed by atoms with Crippen molar-refractivity contribution in [3.63, 3.8) is 0 Å². The van der Waals surface area contributed by atoms with Crippen LogP contribution in [-0.4, -0.2) is 40.6 Å². The molecule has 116 valence electrons. The van der Waals surface area contributed by atoms with Gasteiger partial charge in [0.05, 0.1) is 26.9 Å². The molecule has 2 rings (SSSR count). The summed E-state index contributed by atoms with van der Waals surface area (Å²) in [5.74, 6) is 1.68. The Morgan fingerprint density at radius 2 is 2.05 bits per heavy atom. The van der Waals surface area contributed by atoms with Crippen LogP contribution in [0.5, 0.6) is 5.75 Å². The fourth-order valence-electron chi connectivity index (χ4n) is 2.09. The van der Waals surface area contributed by atoms with Crippen LogP contribution in [0.2, 0.25) is 0 Å². The normalized spacial score (nSPS) is 11.1. The quantitative estimate of drug-likeness (QED) is 0.682. The summed E-state index contributed by atoms with van der Waals surface area (Å²) in [5, 5.41) is 4.41. The number of benzene rings is 1. The molecule has 1 aromatic carbocycles. The number of ether oxygens (including phenoxy) is 3. The molecule has 21 heavy (non-hydrogen) atoms. The summed E-state index contributed by atoms with van der Waals surface area (Å²) in [7, 11) is 3.33. The van der Waals surface area contributed by atoms with Crippen molar-refractivity contribution in [1.29, 1.82) is 0 Å². The average Bonchev–Trinajstić information content (AvgIpc) is 2.92. The van der Waals surface area contributed by atoms with E-state index < -0.39 is 0 Å². The van der Waals surface area contributed by atoms with Crippen molar-refractivity contribution in [3.8, 4) is 5.75 Å². The molecule has 1 N–H and O–H groups in total. The van der Waals surface area contributed by atoms with Crippen LogP contribution >= 0.6 is 0 Å². The maximum atomic E-state index is 5.81. The van der Waals surface area contributed by atoms with Gasteiger partial charge in [-0.15, -0.1) is 0 Å². The minimum absolute atomic E-state index is 0.647. The Bertz CT molecular complexity index is 538. The molecule has 0 spiro atoms. The maximum Gasteiger partial charge on any atom is 0.176 e. The molecule has 0 radical (unpaired) electrons. The Hall–Kier alpha value is -1.56. The second kappa shape index (κ2) is 8.67. The first-order chi connectivity index (χ1) is 10.3. The number of furan rings is 1. The molecule has 0 saturated carbocycles. The van der Waals surface area contributed by atoms with Crippen LogP contribution in [0.25, 0.3) is 11.0 Å². The highest BCUT2D eigenvalue weighted by Crippen LogP contribution is 2.28. The van der Waals surface area contributed by atoms with Gasteiger partial charge in [0.2, 0.25) is 0 Å². The first kappa shape index (κ1) is 15.8. The van der Waals surface area contributed by atoms with Gasteiger partial charge in [-0.2, -0.15) is 0 Å². The smallest absolute Gasteiger partial charge is 0.176 e. The molecule has 5 nitrogen and oxygen atoms in total. The lowest BCUT2D eigenvalue weighted by Crippen LogP contribution is -2.16. The van der Waals surface area contributed by atoms with Crippen molar-refractivity contribution in [2.24, 2.45) is 0 Å². The summed E-state index contributed by atoms with van der Waals surface area (Å²) in [6, 6.07) is 7.93. The summed E-state index contributed by atoms with van der Waals surface area (Å²) in [6.45, 7) is 3.63. The van der Waals surface area contributed by atoms with Crippen LogP contribution in [0, 0.1) is 0 Å². The minimum Gasteiger partial charge on any atom is -0.493 e. The molecule has 0 saturated heterocycles. The lowest BCUT2D eigenvalue weighted by molar-refractivity contribution is 0.0694. The van der Waals surface area contributed by atoms with Gasteiger partial charge in [-0.05, 0) is 25.1 Å². The zero-order valence-corrected chi connectivity index (χ0v) is 12.7. The van der Waals surface area contributed by atoms with Crippen molar-refractivity contribution < 1.29 is 18.6 Å². The maximum absolute atomic E-state index is 5.81. The van der Waals surface area contributed by atoms with Gasteiger partial charge in [-0.25, -0.2) is 0 Å². The second-order valence-electron chi connectivity index (χ2n) is 4.73. The third-order valence-corrected chi connectivity index (χ3v) is 3.15. The van der Waals surface area contributed by atoms with Crippen molar-refractivity contribution >= 4 is 11.0 Å². The first-order valence-electron chi connectivity index (χ1n) is 7.18. The predicted molar refractivity (Wildman–Crippen MR) is 81.8 cm³/mol. The molecule has 0 aliphatic heterocycles. The summed E-state index contributed by atoms with van der Waals surface area (Å²) in [6.07, 6.45) is 0.966. The third-order valence-electron chi connectivity index (χ3n) is 3.15. The fraction of sp³-hybridized carbons (Fsp3) is 0.500. The summed E-state index contributed by atoms with van der Waals surface area (Å²) in [5.41, 5.74) is 0.805. The Morgan fingerprint density at radius 3 is 2.86 bits per heavy atom. The zero-order valence-electron chi connectivity index (χ0n) is 12.7. The molecular weight excluding hydrogens is 270 g/mol. The summed E-state index contributed by atoms with van der Waals surface area (Å²) >= 11 is 0. The van der Waals surface area contributed by atoms with E-state index in [0.29, 0.717) is 19.8 Å². The van der Waals surface area contributed by atoms with Crippen LogP contribution in [-0.2, 0) is 16.0 Å². The lowest BCUT2D eigenvalue weighted by Gasteiger charge is -2.04. The van der Waals surface area contributed by atoms with Gasteiger partial charge >= 0.3 is 0 Å². The molecule has 0 bridgehead atoms. The molecule has 2 aromatic rings. The Kier molecular flexibility index (Phi) is 6.53. The van der Waals surface area contributed by atoms with Crippen LogP contribution < -0.4 is 10.1 Å². The van der Waals surface area contributed by atoms with E-state index in [9.17, 15) is 0 Å². The standard InChI is InChI=1S/C16H23NO4/c1-18-9-10-20-8-4-7-17-12-14-11-13-5-3-6-15(19-2)16(13)21-14/h3,5-6,11,17H,4,7-10,12H2,1-2H3. The topological polar surface area (TPSA) is 52.9 Å². The van der Waals surface area contributed by atoms with E-state index in [1.165, 1.54) is 0 Å². The van der Waals surface area contributed by atoms with Crippen molar-refractivity contribution in [2.45, 2.75) is 13.0 Å².